The summed E-state index contributed by atoms with van der Waals surface area (Å²) in [5.41, 5.74) is 2.14. The van der Waals surface area contributed by atoms with Crippen molar-refractivity contribution in [1.29, 1.82) is 0 Å². The molecule has 9 nitrogen and oxygen atoms in total. The van der Waals surface area contributed by atoms with E-state index in [0.29, 0.717) is 25.0 Å². The van der Waals surface area contributed by atoms with E-state index in [2.05, 4.69) is 37.6 Å². The van der Waals surface area contributed by atoms with E-state index >= 15 is 0 Å². The Morgan fingerprint density at radius 1 is 0.829 bits per heavy atom. The minimum absolute atomic E-state index is 0.0321. The molecule has 2 aromatic rings. The van der Waals surface area contributed by atoms with Crippen molar-refractivity contribution in [3.8, 4) is 0 Å². The molecule has 0 spiro atoms. The van der Waals surface area contributed by atoms with Crippen molar-refractivity contribution in [3.63, 3.8) is 0 Å². The summed E-state index contributed by atoms with van der Waals surface area (Å²) in [5, 5.41) is 14.1. The maximum atomic E-state index is 12.2. The van der Waals surface area contributed by atoms with E-state index in [4.69, 9.17) is 5.11 Å². The average molecular weight is 567 g/mol. The molecule has 0 aliphatic rings. The number of carbonyl (C=O) groups is 3. The molecule has 3 N–H and O–H groups in total. The van der Waals surface area contributed by atoms with Crippen LogP contribution in [0.3, 0.4) is 0 Å². The molecule has 9 heteroatoms. The maximum absolute atomic E-state index is 12.2. The van der Waals surface area contributed by atoms with Crippen LogP contribution in [0.5, 0.6) is 0 Å². The van der Waals surface area contributed by atoms with Crippen LogP contribution in [0.25, 0.3) is 0 Å². The number of hydrogen-bond donors (Lipinski definition) is 3. The monoisotopic (exact) mass is 566 g/mol. The zero-order valence-electron chi connectivity index (χ0n) is 24.6. The molecule has 1 radical (unpaired) electrons. The molecule has 2 aromatic heterocycles. The van der Waals surface area contributed by atoms with E-state index < -0.39 is 5.97 Å². The van der Waals surface area contributed by atoms with Crippen LogP contribution in [0, 0.1) is 6.54 Å². The number of carboxylic acid groups (broad SMARTS) is 1. The predicted molar refractivity (Wildman–Crippen MR) is 161 cm³/mol. The van der Waals surface area contributed by atoms with Gasteiger partial charge in [0.15, 0.2) is 0 Å². The zero-order chi connectivity index (χ0) is 29.5. The fourth-order valence-electron chi connectivity index (χ4n) is 4.56. The van der Waals surface area contributed by atoms with Crippen LogP contribution in [0.1, 0.15) is 102 Å². The number of Topliss-reactive ketones (excluding diaryl/α,β-unsaturated/α-hetero) is 1. The average Bonchev–Trinajstić information content (AvgIpc) is 2.96. The van der Waals surface area contributed by atoms with E-state index in [0.717, 1.165) is 88.8 Å². The Labute approximate surface area is 245 Å². The van der Waals surface area contributed by atoms with E-state index in [9.17, 15) is 14.4 Å². The predicted octanol–water partition coefficient (Wildman–Crippen LogP) is 6.05. The van der Waals surface area contributed by atoms with Crippen molar-refractivity contribution in [2.45, 2.75) is 110 Å². The van der Waals surface area contributed by atoms with Crippen LogP contribution in [-0.4, -0.2) is 50.3 Å². The van der Waals surface area contributed by atoms with Gasteiger partial charge in [-0.15, -0.1) is 0 Å². The molecule has 0 aliphatic heterocycles. The largest absolute Gasteiger partial charge is 0.481 e. The smallest absolute Gasteiger partial charge is 0.315 e. The fourth-order valence-corrected chi connectivity index (χ4v) is 4.56. The number of nitrogens with zero attached hydrogens (tertiary/aromatic N) is 3. The lowest BCUT2D eigenvalue weighted by Crippen LogP contribution is -2.39. The van der Waals surface area contributed by atoms with Crippen molar-refractivity contribution in [1.82, 2.24) is 25.5 Å². The van der Waals surface area contributed by atoms with Gasteiger partial charge in [-0.25, -0.2) is 4.79 Å². The van der Waals surface area contributed by atoms with E-state index in [1.54, 1.807) is 13.5 Å². The summed E-state index contributed by atoms with van der Waals surface area (Å²) in [7, 11) is 0. The Bertz CT molecular complexity index is 949. The van der Waals surface area contributed by atoms with Crippen molar-refractivity contribution in [2.24, 2.45) is 0 Å². The molecule has 0 fully saturated rings. The van der Waals surface area contributed by atoms with Gasteiger partial charge in [-0.3, -0.25) is 24.5 Å². The lowest BCUT2D eigenvalue weighted by atomic mass is 10.0. The summed E-state index contributed by atoms with van der Waals surface area (Å²) < 4.78 is 0. The summed E-state index contributed by atoms with van der Waals surface area (Å²) in [6.07, 6.45) is 14.4. The van der Waals surface area contributed by atoms with Gasteiger partial charge in [-0.2, -0.15) is 0 Å². The molecule has 0 aliphatic carbocycles. The Hall–Kier alpha value is -3.33. The number of rotatable bonds is 23. The van der Waals surface area contributed by atoms with Gasteiger partial charge in [-0.1, -0.05) is 44.2 Å². The van der Waals surface area contributed by atoms with Crippen LogP contribution in [0.4, 0.5) is 4.79 Å². The third kappa shape index (κ3) is 17.9. The molecule has 1 atom stereocenters. The SMILES string of the molecule is CC(CCC(=O)O)NC(=O)N[CH]CCCCCC(=O)CCCCCCCN(Cc1ccccn1)Cc1ccccn1. The topological polar surface area (TPSA) is 125 Å². The van der Waals surface area contributed by atoms with Crippen LogP contribution < -0.4 is 10.6 Å². The van der Waals surface area contributed by atoms with Crippen LogP contribution in [0.2, 0.25) is 0 Å². The first-order valence-corrected chi connectivity index (χ1v) is 15.1. The quantitative estimate of drug-likeness (QED) is 0.140. The highest BCUT2D eigenvalue weighted by atomic mass is 16.4. The second kappa shape index (κ2) is 21.4. The number of ketones is 1. The lowest BCUT2D eigenvalue weighted by molar-refractivity contribution is -0.137. The highest BCUT2D eigenvalue weighted by Crippen LogP contribution is 2.13. The number of aromatic nitrogens is 2. The lowest BCUT2D eigenvalue weighted by Gasteiger charge is -2.21. The number of pyridine rings is 2. The number of unbranched alkanes of at least 4 members (excludes halogenated alkanes) is 7. The highest BCUT2D eigenvalue weighted by molar-refractivity contribution is 5.78. The highest BCUT2D eigenvalue weighted by Gasteiger charge is 2.10. The summed E-state index contributed by atoms with van der Waals surface area (Å²) in [6.45, 7) is 6.12. The molecule has 225 valence electrons. The molecular formula is C32H48N5O4. The van der Waals surface area contributed by atoms with Gasteiger partial charge in [0.25, 0.3) is 0 Å². The second-order valence-corrected chi connectivity index (χ2v) is 10.7. The van der Waals surface area contributed by atoms with Gasteiger partial charge >= 0.3 is 12.0 Å². The van der Waals surface area contributed by atoms with Crippen molar-refractivity contribution in [3.05, 3.63) is 66.7 Å². The number of amides is 2. The second-order valence-electron chi connectivity index (χ2n) is 10.7. The standard InChI is InChI=1S/C32H48N5O4/c1-27(19-20-31(39)40)36-32(41)35-23-11-5-4-8-18-30(38)17-7-3-2-6-14-24-37(25-28-15-9-12-21-33-28)26-29-16-10-13-22-34-29/h9-10,12-13,15-16,21-23,27H,2-8,11,14,17-20,24-26H2,1H3,(H,39,40)(H2,35,36,41). The Morgan fingerprint density at radius 2 is 1.41 bits per heavy atom. The molecule has 2 heterocycles. The third-order valence-corrected chi connectivity index (χ3v) is 6.86. The van der Waals surface area contributed by atoms with Crippen LogP contribution in [0.15, 0.2) is 48.8 Å². The Morgan fingerprint density at radius 3 is 2.00 bits per heavy atom. The van der Waals surface area contributed by atoms with Gasteiger partial charge < -0.3 is 15.7 Å². The van der Waals surface area contributed by atoms with Gasteiger partial charge in [0.2, 0.25) is 0 Å². The summed E-state index contributed by atoms with van der Waals surface area (Å²) in [6, 6.07) is 11.6. The van der Waals surface area contributed by atoms with Gasteiger partial charge in [0, 0.05) is 50.8 Å². The normalized spacial score (nSPS) is 11.8. The number of carbonyl (C=O) groups excluding carboxylic acids is 2. The molecule has 0 saturated carbocycles. The molecule has 1 unspecified atom stereocenters. The molecule has 2 amide bonds. The molecule has 41 heavy (non-hydrogen) atoms. The van der Waals surface area contributed by atoms with Crippen molar-refractivity contribution >= 4 is 17.8 Å². The third-order valence-electron chi connectivity index (χ3n) is 6.86. The molecule has 2 rings (SSSR count). The number of urea groups is 1. The summed E-state index contributed by atoms with van der Waals surface area (Å²) >= 11 is 0. The van der Waals surface area contributed by atoms with E-state index in [1.807, 2.05) is 36.7 Å². The van der Waals surface area contributed by atoms with Crippen molar-refractivity contribution in [2.75, 3.05) is 6.54 Å². The summed E-state index contributed by atoms with van der Waals surface area (Å²) in [4.78, 5) is 45.9. The zero-order valence-corrected chi connectivity index (χ0v) is 24.6. The first kappa shape index (κ1) is 33.9. The first-order chi connectivity index (χ1) is 19.9. The van der Waals surface area contributed by atoms with Gasteiger partial charge in [-0.05, 0) is 69.8 Å². The first-order valence-electron chi connectivity index (χ1n) is 15.1. The van der Waals surface area contributed by atoms with Crippen molar-refractivity contribution < 1.29 is 19.5 Å². The molecule has 0 saturated heterocycles. The Kier molecular flexibility index (Phi) is 17.7. The Balaban J connectivity index is 1.45. The summed E-state index contributed by atoms with van der Waals surface area (Å²) in [5.74, 6) is -0.522. The van der Waals surface area contributed by atoms with Crippen LogP contribution >= 0.6 is 0 Å². The fraction of sp³-hybridized carbons (Fsp3) is 0.562. The molecule has 0 bridgehead atoms. The maximum Gasteiger partial charge on any atom is 0.315 e. The number of nitrogens with one attached hydrogen (secondary N) is 2. The minimum Gasteiger partial charge on any atom is -0.481 e. The van der Waals surface area contributed by atoms with Gasteiger partial charge in [0.1, 0.15) is 5.78 Å². The van der Waals surface area contributed by atoms with E-state index in [1.165, 1.54) is 0 Å². The number of carboxylic acids is 1. The molecular weight excluding hydrogens is 518 g/mol. The minimum atomic E-state index is -0.868. The number of aliphatic carboxylic acids is 1. The number of hydrogen-bond acceptors (Lipinski definition) is 6. The van der Waals surface area contributed by atoms with Gasteiger partial charge in [0.05, 0.1) is 17.9 Å². The molecule has 0 aromatic carbocycles. The van der Waals surface area contributed by atoms with Crippen LogP contribution in [-0.2, 0) is 22.7 Å². The van der Waals surface area contributed by atoms with E-state index in [-0.39, 0.29) is 18.5 Å².